The van der Waals surface area contributed by atoms with E-state index in [1.807, 2.05) is 47.1 Å². The molecule has 188 valence electrons. The number of aromatic nitrogens is 5. The van der Waals surface area contributed by atoms with Gasteiger partial charge in [-0.05, 0) is 71.8 Å². The van der Waals surface area contributed by atoms with Crippen molar-refractivity contribution in [1.82, 2.24) is 30.1 Å². The van der Waals surface area contributed by atoms with E-state index in [0.29, 0.717) is 24.2 Å². The van der Waals surface area contributed by atoms with E-state index in [1.165, 1.54) is 19.3 Å². The molecule has 1 atom stereocenters. The fourth-order valence-corrected chi connectivity index (χ4v) is 5.63. The van der Waals surface area contributed by atoms with Crippen LogP contribution in [0.25, 0.3) is 10.9 Å². The van der Waals surface area contributed by atoms with Crippen LogP contribution in [0.3, 0.4) is 0 Å². The molecule has 2 aromatic heterocycles. The van der Waals surface area contributed by atoms with Crippen LogP contribution in [-0.4, -0.2) is 30.1 Å². The topological polar surface area (TPSA) is 79.7 Å². The predicted octanol–water partition coefficient (Wildman–Crippen LogP) is 6.14. The number of benzene rings is 2. The van der Waals surface area contributed by atoms with Crippen molar-refractivity contribution in [2.45, 2.75) is 77.5 Å². The Kier molecular flexibility index (Phi) is 7.48. The Morgan fingerprint density at radius 3 is 2.64 bits per heavy atom. The Bertz CT molecular complexity index is 1390. The van der Waals surface area contributed by atoms with Gasteiger partial charge in [0.1, 0.15) is 0 Å². The van der Waals surface area contributed by atoms with Gasteiger partial charge in [0, 0.05) is 29.2 Å². The van der Waals surface area contributed by atoms with E-state index in [1.54, 1.807) is 0 Å². The molecule has 8 heteroatoms. The summed E-state index contributed by atoms with van der Waals surface area (Å²) in [6.07, 6.45) is 6.69. The number of hydrogen-bond donors (Lipinski definition) is 1. The zero-order valence-corrected chi connectivity index (χ0v) is 21.7. The fourth-order valence-electron chi connectivity index (χ4n) is 5.44. The molecular weight excluding hydrogens is 472 g/mol. The average Bonchev–Trinajstić information content (AvgIpc) is 3.36. The highest BCUT2D eigenvalue weighted by molar-refractivity contribution is 6.31. The number of nitrogens with zero attached hydrogens (tertiary/aromatic N) is 5. The molecule has 0 bridgehead atoms. The van der Waals surface area contributed by atoms with Crippen LogP contribution >= 0.6 is 11.6 Å². The quantitative estimate of drug-likeness (QED) is 0.312. The van der Waals surface area contributed by atoms with Crippen molar-refractivity contribution in [3.8, 4) is 0 Å². The fraction of sp³-hybridized carbons (Fsp3) is 0.429. The molecule has 0 aliphatic heterocycles. The van der Waals surface area contributed by atoms with Crippen molar-refractivity contribution >= 4 is 22.5 Å². The maximum Gasteiger partial charge on any atom is 0.252 e. The molecule has 1 N–H and O–H groups in total. The van der Waals surface area contributed by atoms with Crippen molar-refractivity contribution < 1.29 is 0 Å². The average molecular weight is 505 g/mol. The van der Waals surface area contributed by atoms with Gasteiger partial charge in [0.2, 0.25) is 0 Å². The summed E-state index contributed by atoms with van der Waals surface area (Å²) in [7, 11) is 0. The van der Waals surface area contributed by atoms with Gasteiger partial charge in [-0.2, -0.15) is 0 Å². The molecule has 5 rings (SSSR count). The van der Waals surface area contributed by atoms with Gasteiger partial charge in [-0.1, -0.05) is 67.6 Å². The van der Waals surface area contributed by atoms with E-state index >= 15 is 0 Å². The number of rotatable bonds is 8. The SMILES string of the molecule is CCC(c1nnnn1C1CCCCC1)N(Cc1ccccc1Cl)Cc1cc2cc(C)ccc2[nH]c1=O. The molecule has 0 radical (unpaired) electrons. The second kappa shape index (κ2) is 10.9. The van der Waals surface area contributed by atoms with Crippen LogP contribution in [0.2, 0.25) is 5.02 Å². The largest absolute Gasteiger partial charge is 0.322 e. The maximum atomic E-state index is 13.1. The molecular formula is C28H33ClN6O. The zero-order valence-electron chi connectivity index (χ0n) is 21.0. The highest BCUT2D eigenvalue weighted by atomic mass is 35.5. The summed E-state index contributed by atoms with van der Waals surface area (Å²) in [5, 5.41) is 14.8. The smallest absolute Gasteiger partial charge is 0.252 e. The van der Waals surface area contributed by atoms with Gasteiger partial charge in [0.05, 0.1) is 12.1 Å². The van der Waals surface area contributed by atoms with E-state index in [0.717, 1.165) is 52.7 Å². The molecule has 0 saturated heterocycles. The molecule has 1 saturated carbocycles. The third-order valence-corrected chi connectivity index (χ3v) is 7.71. The van der Waals surface area contributed by atoms with Crippen LogP contribution in [0.5, 0.6) is 0 Å². The third kappa shape index (κ3) is 5.22. The van der Waals surface area contributed by atoms with E-state index in [9.17, 15) is 4.79 Å². The summed E-state index contributed by atoms with van der Waals surface area (Å²) in [5.41, 5.74) is 3.67. The first-order chi connectivity index (χ1) is 17.5. The van der Waals surface area contributed by atoms with Crippen LogP contribution in [0, 0.1) is 6.92 Å². The lowest BCUT2D eigenvalue weighted by atomic mass is 9.95. The van der Waals surface area contributed by atoms with Crippen LogP contribution < -0.4 is 5.56 Å². The highest BCUT2D eigenvalue weighted by Gasteiger charge is 2.29. The van der Waals surface area contributed by atoms with E-state index in [-0.39, 0.29) is 11.6 Å². The molecule has 1 unspecified atom stereocenters. The number of pyridine rings is 1. The van der Waals surface area contributed by atoms with Crippen LogP contribution in [0.15, 0.2) is 53.3 Å². The van der Waals surface area contributed by atoms with Crippen molar-refractivity contribution in [3.63, 3.8) is 0 Å². The number of aryl methyl sites for hydroxylation is 1. The summed E-state index contributed by atoms with van der Waals surface area (Å²) in [4.78, 5) is 18.5. The minimum atomic E-state index is -0.0720. The Morgan fingerprint density at radius 2 is 1.86 bits per heavy atom. The number of nitrogens with one attached hydrogen (secondary N) is 1. The van der Waals surface area contributed by atoms with Gasteiger partial charge in [0.15, 0.2) is 5.82 Å². The lowest BCUT2D eigenvalue weighted by Gasteiger charge is -2.32. The number of fused-ring (bicyclic) bond motifs is 1. The molecule has 7 nitrogen and oxygen atoms in total. The number of tetrazole rings is 1. The summed E-state index contributed by atoms with van der Waals surface area (Å²) in [5.74, 6) is 0.865. The Hall–Kier alpha value is -3.03. The molecule has 2 heterocycles. The summed E-state index contributed by atoms with van der Waals surface area (Å²) < 4.78 is 2.04. The van der Waals surface area contributed by atoms with Crippen molar-refractivity contribution in [3.05, 3.63) is 86.4 Å². The van der Waals surface area contributed by atoms with Gasteiger partial charge in [-0.25, -0.2) is 4.68 Å². The minimum absolute atomic E-state index is 0.0641. The summed E-state index contributed by atoms with van der Waals surface area (Å²) in [6.45, 7) is 5.26. The van der Waals surface area contributed by atoms with Gasteiger partial charge in [0.25, 0.3) is 5.56 Å². The standard InChI is InChI=1S/C28H33ClN6O/c1-3-26(27-31-32-33-35(27)23-10-5-4-6-11-23)34(17-20-9-7-8-12-24(20)29)18-22-16-21-15-19(2)13-14-25(21)30-28(22)36/h7-9,12-16,23,26H,3-6,10-11,17-18H2,1-2H3,(H,30,36). The maximum absolute atomic E-state index is 13.1. The minimum Gasteiger partial charge on any atom is -0.322 e. The first-order valence-corrected chi connectivity index (χ1v) is 13.3. The van der Waals surface area contributed by atoms with Gasteiger partial charge < -0.3 is 4.98 Å². The lowest BCUT2D eigenvalue weighted by Crippen LogP contribution is -2.33. The number of hydrogen-bond acceptors (Lipinski definition) is 5. The second-order valence-electron chi connectivity index (χ2n) is 9.91. The molecule has 4 aromatic rings. The number of halogens is 1. The van der Waals surface area contributed by atoms with E-state index in [4.69, 9.17) is 11.6 Å². The van der Waals surface area contributed by atoms with Gasteiger partial charge >= 0.3 is 0 Å². The van der Waals surface area contributed by atoms with Gasteiger partial charge in [-0.15, -0.1) is 5.10 Å². The number of H-pyrrole nitrogens is 1. The summed E-state index contributed by atoms with van der Waals surface area (Å²) in [6, 6.07) is 16.2. The van der Waals surface area contributed by atoms with Crippen molar-refractivity contribution in [2.24, 2.45) is 0 Å². The van der Waals surface area contributed by atoms with Crippen LogP contribution in [0.1, 0.15) is 80.0 Å². The van der Waals surface area contributed by atoms with Crippen LogP contribution in [-0.2, 0) is 13.1 Å². The normalized spacial score (nSPS) is 15.6. The molecule has 0 amide bonds. The molecule has 1 aliphatic rings. The Morgan fingerprint density at radius 1 is 1.08 bits per heavy atom. The Labute approximate surface area is 216 Å². The highest BCUT2D eigenvalue weighted by Crippen LogP contribution is 2.33. The van der Waals surface area contributed by atoms with E-state index in [2.05, 4.69) is 45.3 Å². The van der Waals surface area contributed by atoms with Crippen LogP contribution in [0.4, 0.5) is 0 Å². The third-order valence-electron chi connectivity index (χ3n) is 7.35. The molecule has 1 fully saturated rings. The lowest BCUT2D eigenvalue weighted by molar-refractivity contribution is 0.155. The van der Waals surface area contributed by atoms with E-state index < -0.39 is 0 Å². The first kappa shape index (κ1) is 24.7. The summed E-state index contributed by atoms with van der Waals surface area (Å²) >= 11 is 6.58. The molecule has 36 heavy (non-hydrogen) atoms. The predicted molar refractivity (Wildman–Crippen MR) is 143 cm³/mol. The zero-order chi connectivity index (χ0) is 25.1. The molecule has 2 aromatic carbocycles. The second-order valence-corrected chi connectivity index (χ2v) is 10.3. The first-order valence-electron chi connectivity index (χ1n) is 12.9. The molecule has 0 spiro atoms. The Balaban J connectivity index is 1.54. The monoisotopic (exact) mass is 504 g/mol. The molecule has 1 aliphatic carbocycles. The van der Waals surface area contributed by atoms with Crippen molar-refractivity contribution in [1.29, 1.82) is 0 Å². The van der Waals surface area contributed by atoms with Crippen molar-refractivity contribution in [2.75, 3.05) is 0 Å². The van der Waals surface area contributed by atoms with Gasteiger partial charge in [-0.3, -0.25) is 9.69 Å². The number of aromatic amines is 1.